The fourth-order valence-corrected chi connectivity index (χ4v) is 1.11. The van der Waals surface area contributed by atoms with E-state index in [9.17, 15) is 0 Å². The van der Waals surface area contributed by atoms with Gasteiger partial charge in [-0.25, -0.2) is 0 Å². The number of nitrogens with zero attached hydrogens (tertiary/aromatic N) is 5. The van der Waals surface area contributed by atoms with E-state index in [2.05, 4.69) is 15.5 Å². The topological polar surface area (TPSA) is 93.4 Å². The second-order valence-electron chi connectivity index (χ2n) is 2.64. The van der Waals surface area contributed by atoms with Gasteiger partial charge in [0, 0.05) is 5.69 Å². The summed E-state index contributed by atoms with van der Waals surface area (Å²) in [4.78, 5) is 0. The lowest BCUT2D eigenvalue weighted by molar-refractivity contribution is 0.787. The minimum absolute atomic E-state index is 0.442. The highest BCUT2D eigenvalue weighted by Crippen LogP contribution is 2.15. The number of nitriles is 1. The predicted octanol–water partition coefficient (Wildman–Crippen LogP) is 0.116. The highest BCUT2D eigenvalue weighted by molar-refractivity contribution is 5.56. The van der Waals surface area contributed by atoms with E-state index in [-0.39, 0.29) is 0 Å². The molecular weight excluding hydrogens is 180 g/mol. The summed E-state index contributed by atoms with van der Waals surface area (Å²) < 4.78 is 1.41. The molecule has 0 aliphatic rings. The minimum Gasteiger partial charge on any atom is -0.399 e. The molecule has 1 aromatic carbocycles. The molecule has 1 heterocycles. The molecule has 0 saturated heterocycles. The van der Waals surface area contributed by atoms with Gasteiger partial charge >= 0.3 is 0 Å². The molecule has 14 heavy (non-hydrogen) atoms. The SMILES string of the molecule is N#Cc1cc(N)ccc1-n1cnnn1. The molecule has 68 valence electrons. The van der Waals surface area contributed by atoms with Crippen LogP contribution in [0, 0.1) is 11.3 Å². The smallest absolute Gasteiger partial charge is 0.143 e. The Bertz CT molecular complexity index is 481. The zero-order valence-electron chi connectivity index (χ0n) is 7.12. The van der Waals surface area contributed by atoms with Crippen LogP contribution in [0.15, 0.2) is 24.5 Å². The number of hydrogen-bond donors (Lipinski definition) is 1. The van der Waals surface area contributed by atoms with Gasteiger partial charge in [-0.15, -0.1) is 5.10 Å². The Hall–Kier alpha value is -2.42. The van der Waals surface area contributed by atoms with Crippen LogP contribution >= 0.6 is 0 Å². The lowest BCUT2D eigenvalue weighted by Gasteiger charge is -2.02. The Kier molecular flexibility index (Phi) is 1.84. The first-order valence-corrected chi connectivity index (χ1v) is 3.84. The molecule has 0 atom stereocenters. The van der Waals surface area contributed by atoms with Gasteiger partial charge in [-0.3, -0.25) is 0 Å². The van der Waals surface area contributed by atoms with Gasteiger partial charge in [0.05, 0.1) is 11.3 Å². The van der Waals surface area contributed by atoms with Crippen molar-refractivity contribution in [3.63, 3.8) is 0 Å². The van der Waals surface area contributed by atoms with Crippen molar-refractivity contribution in [2.45, 2.75) is 0 Å². The van der Waals surface area contributed by atoms with E-state index >= 15 is 0 Å². The molecule has 0 spiro atoms. The van der Waals surface area contributed by atoms with Crippen molar-refractivity contribution in [1.82, 2.24) is 20.2 Å². The number of nitrogen functional groups attached to an aromatic ring is 1. The summed E-state index contributed by atoms with van der Waals surface area (Å²) in [6.07, 6.45) is 1.42. The van der Waals surface area contributed by atoms with E-state index in [0.717, 1.165) is 0 Å². The van der Waals surface area contributed by atoms with Gasteiger partial charge in [-0.05, 0) is 28.6 Å². The quantitative estimate of drug-likeness (QED) is 0.638. The lowest BCUT2D eigenvalue weighted by Crippen LogP contribution is -1.99. The van der Waals surface area contributed by atoms with Crippen molar-refractivity contribution in [3.8, 4) is 11.8 Å². The normalized spacial score (nSPS) is 9.64. The number of hydrogen-bond acceptors (Lipinski definition) is 5. The first kappa shape index (κ1) is 8.19. The highest BCUT2D eigenvalue weighted by atomic mass is 15.5. The van der Waals surface area contributed by atoms with Crippen LogP contribution in [0.1, 0.15) is 5.56 Å². The van der Waals surface area contributed by atoms with E-state index in [4.69, 9.17) is 11.0 Å². The van der Waals surface area contributed by atoms with Crippen molar-refractivity contribution >= 4 is 5.69 Å². The van der Waals surface area contributed by atoms with Crippen molar-refractivity contribution < 1.29 is 0 Å². The molecule has 6 heteroatoms. The van der Waals surface area contributed by atoms with Gasteiger partial charge in [0.25, 0.3) is 0 Å². The van der Waals surface area contributed by atoms with Crippen molar-refractivity contribution in [1.29, 1.82) is 5.26 Å². The van der Waals surface area contributed by atoms with E-state index in [1.165, 1.54) is 11.0 Å². The Balaban J connectivity index is 2.60. The average Bonchev–Trinajstić information content (AvgIpc) is 2.70. The van der Waals surface area contributed by atoms with Crippen molar-refractivity contribution in [3.05, 3.63) is 30.1 Å². The van der Waals surface area contributed by atoms with E-state index < -0.39 is 0 Å². The van der Waals surface area contributed by atoms with E-state index in [1.807, 2.05) is 6.07 Å². The number of benzene rings is 1. The molecule has 0 amide bonds. The van der Waals surface area contributed by atoms with E-state index in [0.29, 0.717) is 16.9 Å². The maximum atomic E-state index is 8.85. The summed E-state index contributed by atoms with van der Waals surface area (Å²) >= 11 is 0. The summed E-state index contributed by atoms with van der Waals surface area (Å²) in [5.41, 5.74) is 7.14. The summed E-state index contributed by atoms with van der Waals surface area (Å²) in [6, 6.07) is 7.00. The summed E-state index contributed by atoms with van der Waals surface area (Å²) in [5.74, 6) is 0. The second kappa shape index (κ2) is 3.14. The van der Waals surface area contributed by atoms with Crippen LogP contribution < -0.4 is 5.73 Å². The largest absolute Gasteiger partial charge is 0.399 e. The van der Waals surface area contributed by atoms with Gasteiger partial charge in [0.2, 0.25) is 0 Å². The monoisotopic (exact) mass is 186 g/mol. The Morgan fingerprint density at radius 1 is 1.43 bits per heavy atom. The van der Waals surface area contributed by atoms with Crippen molar-refractivity contribution in [2.75, 3.05) is 5.73 Å². The van der Waals surface area contributed by atoms with Crippen LogP contribution in [0.2, 0.25) is 0 Å². The Morgan fingerprint density at radius 3 is 2.93 bits per heavy atom. The van der Waals surface area contributed by atoms with Crippen LogP contribution in [-0.4, -0.2) is 20.2 Å². The third-order valence-corrected chi connectivity index (χ3v) is 1.74. The molecule has 0 radical (unpaired) electrons. The molecular formula is C8H6N6. The third kappa shape index (κ3) is 1.27. The summed E-state index contributed by atoms with van der Waals surface area (Å²) in [7, 11) is 0. The fraction of sp³-hybridized carbons (Fsp3) is 0. The van der Waals surface area contributed by atoms with Crippen LogP contribution in [-0.2, 0) is 0 Å². The van der Waals surface area contributed by atoms with E-state index in [1.54, 1.807) is 18.2 Å². The number of aromatic nitrogens is 4. The van der Waals surface area contributed by atoms with Gasteiger partial charge in [-0.1, -0.05) is 0 Å². The van der Waals surface area contributed by atoms with Gasteiger partial charge < -0.3 is 5.73 Å². The van der Waals surface area contributed by atoms with Gasteiger partial charge in [0.15, 0.2) is 0 Å². The van der Waals surface area contributed by atoms with Gasteiger partial charge in [0.1, 0.15) is 12.4 Å². The predicted molar refractivity (Wildman–Crippen MR) is 48.3 cm³/mol. The molecule has 1 aromatic heterocycles. The Labute approximate surface area is 79.6 Å². The lowest BCUT2D eigenvalue weighted by atomic mass is 10.2. The minimum atomic E-state index is 0.442. The highest BCUT2D eigenvalue weighted by Gasteiger charge is 2.05. The first-order valence-electron chi connectivity index (χ1n) is 3.84. The van der Waals surface area contributed by atoms with Crippen LogP contribution in [0.4, 0.5) is 5.69 Å². The summed E-state index contributed by atoms with van der Waals surface area (Å²) in [6.45, 7) is 0. The number of tetrazole rings is 1. The molecule has 2 rings (SSSR count). The van der Waals surface area contributed by atoms with Crippen LogP contribution in [0.3, 0.4) is 0 Å². The molecule has 2 aromatic rings. The standard InChI is InChI=1S/C8H6N6/c9-4-6-3-7(10)1-2-8(6)14-5-11-12-13-14/h1-3,5H,10H2. The zero-order chi connectivity index (χ0) is 9.97. The number of nitrogens with two attached hydrogens (primary N) is 1. The molecule has 0 aliphatic heterocycles. The Morgan fingerprint density at radius 2 is 2.29 bits per heavy atom. The third-order valence-electron chi connectivity index (χ3n) is 1.74. The molecule has 0 aliphatic carbocycles. The van der Waals surface area contributed by atoms with Crippen LogP contribution in [0.5, 0.6) is 0 Å². The first-order chi connectivity index (χ1) is 6.81. The molecule has 6 nitrogen and oxygen atoms in total. The zero-order valence-corrected chi connectivity index (χ0v) is 7.12. The summed E-state index contributed by atoms with van der Waals surface area (Å²) in [5, 5.41) is 19.5. The maximum Gasteiger partial charge on any atom is 0.143 e. The molecule has 2 N–H and O–H groups in total. The fourth-order valence-electron chi connectivity index (χ4n) is 1.11. The molecule has 0 fully saturated rings. The second-order valence-corrected chi connectivity index (χ2v) is 2.64. The van der Waals surface area contributed by atoms with Crippen molar-refractivity contribution in [2.24, 2.45) is 0 Å². The van der Waals surface area contributed by atoms with Crippen LogP contribution in [0.25, 0.3) is 5.69 Å². The maximum absolute atomic E-state index is 8.85. The molecule has 0 unspecified atom stereocenters. The number of rotatable bonds is 1. The van der Waals surface area contributed by atoms with Gasteiger partial charge in [-0.2, -0.15) is 9.94 Å². The average molecular weight is 186 g/mol. The molecule has 0 bridgehead atoms. The number of anilines is 1. The molecule has 0 saturated carbocycles.